The Hall–Kier alpha value is -1.40. The van der Waals surface area contributed by atoms with Crippen molar-refractivity contribution in [3.8, 4) is 0 Å². The summed E-state index contributed by atoms with van der Waals surface area (Å²) in [5.41, 5.74) is -0.655. The van der Waals surface area contributed by atoms with E-state index in [2.05, 4.69) is 5.32 Å². The number of hydrogen-bond acceptors (Lipinski definition) is 3. The Morgan fingerprint density at radius 1 is 1.48 bits per heavy atom. The van der Waals surface area contributed by atoms with Gasteiger partial charge < -0.3 is 5.32 Å². The normalized spacial score (nSPS) is 24.3. The number of rotatable bonds is 3. The van der Waals surface area contributed by atoms with E-state index in [-0.39, 0.29) is 22.1 Å². The van der Waals surface area contributed by atoms with Crippen LogP contribution in [0.3, 0.4) is 0 Å². The van der Waals surface area contributed by atoms with Gasteiger partial charge in [-0.15, -0.1) is 0 Å². The molecule has 1 aromatic rings. The van der Waals surface area contributed by atoms with Crippen molar-refractivity contribution >= 4 is 33.4 Å². The third kappa shape index (κ3) is 4.04. The van der Waals surface area contributed by atoms with Gasteiger partial charge in [0.2, 0.25) is 5.91 Å². The molecule has 2 rings (SSSR count). The van der Waals surface area contributed by atoms with Crippen LogP contribution in [-0.2, 0) is 14.6 Å². The van der Waals surface area contributed by atoms with Crippen LogP contribution in [0.25, 0.3) is 6.08 Å². The summed E-state index contributed by atoms with van der Waals surface area (Å²) < 4.78 is 36.5. The summed E-state index contributed by atoms with van der Waals surface area (Å²) in [7, 11) is -3.10. The first-order chi connectivity index (χ1) is 9.71. The van der Waals surface area contributed by atoms with Gasteiger partial charge in [-0.3, -0.25) is 4.79 Å². The van der Waals surface area contributed by atoms with Crippen LogP contribution in [0.15, 0.2) is 24.3 Å². The van der Waals surface area contributed by atoms with E-state index in [9.17, 15) is 17.6 Å². The summed E-state index contributed by atoms with van der Waals surface area (Å²) >= 11 is 5.85. The van der Waals surface area contributed by atoms with E-state index in [0.717, 1.165) is 6.08 Å². The summed E-state index contributed by atoms with van der Waals surface area (Å²) in [6.45, 7) is 1.68. The SMILES string of the molecule is C[C@]1(NC(=O)/C=C/c2c(F)cccc2Cl)CCS(=O)(=O)C1. The van der Waals surface area contributed by atoms with Crippen molar-refractivity contribution in [3.05, 3.63) is 40.7 Å². The lowest BCUT2D eigenvalue weighted by atomic mass is 10.0. The van der Waals surface area contributed by atoms with Gasteiger partial charge in [0.1, 0.15) is 5.82 Å². The maximum atomic E-state index is 13.5. The third-order valence-corrected chi connectivity index (χ3v) is 5.56. The van der Waals surface area contributed by atoms with Crippen molar-refractivity contribution in [2.75, 3.05) is 11.5 Å². The minimum absolute atomic E-state index is 0.0621. The average molecular weight is 332 g/mol. The Morgan fingerprint density at radius 3 is 2.76 bits per heavy atom. The van der Waals surface area contributed by atoms with Crippen LogP contribution < -0.4 is 5.32 Å². The molecule has 1 aromatic carbocycles. The van der Waals surface area contributed by atoms with E-state index in [4.69, 9.17) is 11.6 Å². The largest absolute Gasteiger partial charge is 0.346 e. The molecule has 21 heavy (non-hydrogen) atoms. The second-order valence-corrected chi connectivity index (χ2v) is 7.95. The highest BCUT2D eigenvalue weighted by Crippen LogP contribution is 2.23. The van der Waals surface area contributed by atoms with Crippen LogP contribution in [0.2, 0.25) is 5.02 Å². The zero-order valence-electron chi connectivity index (χ0n) is 11.4. The fourth-order valence-corrected chi connectivity index (χ4v) is 4.60. The van der Waals surface area contributed by atoms with Crippen LogP contribution in [-0.4, -0.2) is 31.4 Å². The van der Waals surface area contributed by atoms with Gasteiger partial charge in [-0.25, -0.2) is 12.8 Å². The predicted octanol–water partition coefficient (Wildman–Crippen LogP) is 2.19. The van der Waals surface area contributed by atoms with Gasteiger partial charge in [0.25, 0.3) is 0 Å². The van der Waals surface area contributed by atoms with Crippen molar-refractivity contribution in [2.24, 2.45) is 0 Å². The molecule has 1 heterocycles. The highest BCUT2D eigenvalue weighted by molar-refractivity contribution is 7.91. The molecular weight excluding hydrogens is 317 g/mol. The first-order valence-corrected chi connectivity index (χ1v) is 8.55. The summed E-state index contributed by atoms with van der Waals surface area (Å²) in [5, 5.41) is 2.85. The topological polar surface area (TPSA) is 63.2 Å². The molecule has 114 valence electrons. The van der Waals surface area contributed by atoms with Gasteiger partial charge in [-0.05, 0) is 31.6 Å². The lowest BCUT2D eigenvalue weighted by Gasteiger charge is -2.22. The molecule has 0 unspecified atom stereocenters. The Balaban J connectivity index is 2.07. The first-order valence-electron chi connectivity index (χ1n) is 6.35. The molecule has 0 radical (unpaired) electrons. The van der Waals surface area contributed by atoms with Crippen LogP contribution >= 0.6 is 11.6 Å². The molecule has 0 aliphatic carbocycles. The molecule has 1 N–H and O–H groups in total. The fraction of sp³-hybridized carbons (Fsp3) is 0.357. The van der Waals surface area contributed by atoms with Crippen molar-refractivity contribution < 1.29 is 17.6 Å². The van der Waals surface area contributed by atoms with E-state index >= 15 is 0 Å². The monoisotopic (exact) mass is 331 g/mol. The molecule has 1 aliphatic rings. The molecule has 4 nitrogen and oxygen atoms in total. The van der Waals surface area contributed by atoms with Crippen molar-refractivity contribution in [2.45, 2.75) is 18.9 Å². The number of nitrogens with one attached hydrogen (secondary N) is 1. The summed E-state index contributed by atoms with van der Waals surface area (Å²) in [4.78, 5) is 11.9. The Labute approximate surface area is 127 Å². The third-order valence-electron chi connectivity index (χ3n) is 3.33. The molecule has 1 fully saturated rings. The maximum absolute atomic E-state index is 13.5. The Bertz CT molecular complexity index is 682. The number of carbonyl (C=O) groups excluding carboxylic acids is 1. The molecule has 1 saturated heterocycles. The van der Waals surface area contributed by atoms with Crippen molar-refractivity contribution in [3.63, 3.8) is 0 Å². The minimum Gasteiger partial charge on any atom is -0.346 e. The zero-order valence-corrected chi connectivity index (χ0v) is 13.0. The summed E-state index contributed by atoms with van der Waals surface area (Å²) in [5.74, 6) is -1.03. The van der Waals surface area contributed by atoms with E-state index in [1.807, 2.05) is 0 Å². The number of sulfone groups is 1. The van der Waals surface area contributed by atoms with Gasteiger partial charge in [0.15, 0.2) is 9.84 Å². The summed E-state index contributed by atoms with van der Waals surface area (Å²) in [6, 6.07) is 4.24. The van der Waals surface area contributed by atoms with Crippen LogP contribution in [0, 0.1) is 5.82 Å². The molecular formula is C14H15ClFNO3S. The van der Waals surface area contributed by atoms with E-state index < -0.39 is 27.1 Å². The number of halogens is 2. The molecule has 1 atom stereocenters. The quantitative estimate of drug-likeness (QED) is 0.863. The van der Waals surface area contributed by atoms with Crippen molar-refractivity contribution in [1.82, 2.24) is 5.32 Å². The second kappa shape index (κ2) is 5.77. The molecule has 1 aliphatic heterocycles. The smallest absolute Gasteiger partial charge is 0.244 e. The molecule has 0 saturated carbocycles. The summed E-state index contributed by atoms with van der Waals surface area (Å²) in [6.07, 6.45) is 2.80. The van der Waals surface area contributed by atoms with E-state index in [1.54, 1.807) is 6.92 Å². The Morgan fingerprint density at radius 2 is 2.19 bits per heavy atom. The number of carbonyl (C=O) groups is 1. The molecule has 7 heteroatoms. The molecule has 1 amide bonds. The first kappa shape index (κ1) is 16.0. The average Bonchev–Trinajstić information content (AvgIpc) is 2.62. The standard InChI is InChI=1S/C14H15ClFNO3S/c1-14(7-8-21(19,20)9-14)17-13(18)6-5-10-11(15)3-2-4-12(10)16/h2-6H,7-9H2,1H3,(H,17,18)/b6-5+/t14-/m0/s1. The number of benzene rings is 1. The van der Waals surface area contributed by atoms with Gasteiger partial charge in [-0.2, -0.15) is 0 Å². The lowest BCUT2D eigenvalue weighted by molar-refractivity contribution is -0.117. The Kier molecular flexibility index (Phi) is 4.39. The molecule has 0 spiro atoms. The van der Waals surface area contributed by atoms with Crippen LogP contribution in [0.4, 0.5) is 4.39 Å². The maximum Gasteiger partial charge on any atom is 0.244 e. The van der Waals surface area contributed by atoms with Gasteiger partial charge >= 0.3 is 0 Å². The van der Waals surface area contributed by atoms with E-state index in [0.29, 0.717) is 6.42 Å². The van der Waals surface area contributed by atoms with Gasteiger partial charge in [-0.1, -0.05) is 17.7 Å². The second-order valence-electron chi connectivity index (χ2n) is 5.36. The lowest BCUT2D eigenvalue weighted by Crippen LogP contribution is -2.46. The minimum atomic E-state index is -3.10. The fourth-order valence-electron chi connectivity index (χ4n) is 2.28. The van der Waals surface area contributed by atoms with Gasteiger partial charge in [0.05, 0.1) is 22.1 Å². The van der Waals surface area contributed by atoms with Gasteiger partial charge in [0, 0.05) is 11.6 Å². The predicted molar refractivity (Wildman–Crippen MR) is 80.3 cm³/mol. The van der Waals surface area contributed by atoms with Crippen LogP contribution in [0.1, 0.15) is 18.9 Å². The van der Waals surface area contributed by atoms with Crippen molar-refractivity contribution in [1.29, 1.82) is 0 Å². The highest BCUT2D eigenvalue weighted by atomic mass is 35.5. The van der Waals surface area contributed by atoms with E-state index in [1.165, 1.54) is 24.3 Å². The zero-order chi connectivity index (χ0) is 15.7. The molecule has 0 aromatic heterocycles. The number of hydrogen-bond donors (Lipinski definition) is 1. The number of amides is 1. The molecule has 0 bridgehead atoms. The highest BCUT2D eigenvalue weighted by Gasteiger charge is 2.39. The van der Waals surface area contributed by atoms with Crippen LogP contribution in [0.5, 0.6) is 0 Å².